The molecule has 20 heteroatoms. The smallest absolute Gasteiger partial charge is 0.341 e. The van der Waals surface area contributed by atoms with E-state index in [1.807, 2.05) is 72.7 Å². The van der Waals surface area contributed by atoms with Crippen molar-refractivity contribution >= 4 is 28.6 Å². The second-order valence-electron chi connectivity index (χ2n) is 22.8. The third kappa shape index (κ3) is 15.1. The molecule has 3 saturated heterocycles. The van der Waals surface area contributed by atoms with E-state index in [1.54, 1.807) is 45.4 Å². The highest BCUT2D eigenvalue weighted by Crippen LogP contribution is 2.42. The maximum atomic E-state index is 14.6. The Bertz CT molecular complexity index is 2310. The van der Waals surface area contributed by atoms with Crippen LogP contribution in [0.3, 0.4) is 0 Å². The second-order valence-corrected chi connectivity index (χ2v) is 22.8. The largest absolute Gasteiger partial charge is 0.477 e. The summed E-state index contributed by atoms with van der Waals surface area (Å²) >= 11 is 0. The molecule has 3 aliphatic rings. The summed E-state index contributed by atoms with van der Waals surface area (Å²) in [5, 5.41) is 48.6. The zero-order valence-corrected chi connectivity index (χ0v) is 48.4. The van der Waals surface area contributed by atoms with Gasteiger partial charge >= 0.3 is 11.9 Å². The van der Waals surface area contributed by atoms with Crippen molar-refractivity contribution in [1.29, 1.82) is 0 Å². The van der Waals surface area contributed by atoms with Gasteiger partial charge in [-0.15, -0.1) is 0 Å². The molecule has 0 amide bonds. The number of esters is 1. The van der Waals surface area contributed by atoms with Crippen LogP contribution in [0.15, 0.2) is 29.2 Å². The SMILES string of the molecule is CC[C@H]1OC(=O)[C@H](C)[C@@H](O[C@H]2C[C@@](C)(OC)[C@@H](OCCNCCOCCCc3ccc4c(c3)c(=O)c(C(=O)O)cn4CC)[C@H](C)O2)[C@H](C)[C@@H](O[C@@H]2O[C@H](C)C[C@H](N(C)C)[C@H]2O)[C@](C)(OC)C[C@@H](C)C(=O)[C@H](C)[C@@H](O)[C@]1(C)O. The number of nitrogens with one attached hydrogen (secondary N) is 1. The molecule has 0 spiro atoms. The molecule has 5 N–H and O–H groups in total. The number of carbonyl (C=O) groups is 3. The number of pyridine rings is 1. The summed E-state index contributed by atoms with van der Waals surface area (Å²) in [6.07, 6.45) is -5.65. The topological polar surface area (TPSA) is 252 Å². The maximum Gasteiger partial charge on any atom is 0.341 e. The quantitative estimate of drug-likeness (QED) is 0.0837. The van der Waals surface area contributed by atoms with Gasteiger partial charge in [-0.25, -0.2) is 4.79 Å². The zero-order valence-electron chi connectivity index (χ0n) is 48.4. The van der Waals surface area contributed by atoms with Crippen molar-refractivity contribution < 1.29 is 77.4 Å². The number of likely N-dealkylation sites (N-methyl/N-ethyl adjacent to an activating group) is 1. The molecule has 0 saturated carbocycles. The fraction of sp³-hybridized carbons (Fsp3) is 0.789. The Balaban J connectivity index is 1.28. The highest BCUT2D eigenvalue weighted by atomic mass is 16.7. The van der Waals surface area contributed by atoms with E-state index in [1.165, 1.54) is 20.2 Å². The van der Waals surface area contributed by atoms with Gasteiger partial charge in [0.05, 0.1) is 66.4 Å². The van der Waals surface area contributed by atoms with Gasteiger partial charge in [0.15, 0.2) is 12.6 Å². The van der Waals surface area contributed by atoms with Gasteiger partial charge in [-0.1, -0.05) is 33.8 Å². The van der Waals surface area contributed by atoms with Gasteiger partial charge in [-0.3, -0.25) is 14.4 Å². The first-order valence-electron chi connectivity index (χ1n) is 27.7. The lowest BCUT2D eigenvalue weighted by Crippen LogP contribution is -2.61. The normalized spacial score (nSPS) is 36.9. The van der Waals surface area contributed by atoms with Gasteiger partial charge in [0.1, 0.15) is 35.3 Å². The Hall–Kier alpha value is -3.48. The molecule has 1 aromatic carbocycles. The van der Waals surface area contributed by atoms with Crippen molar-refractivity contribution in [1.82, 2.24) is 14.8 Å². The fourth-order valence-corrected chi connectivity index (χ4v) is 11.9. The van der Waals surface area contributed by atoms with E-state index in [4.69, 9.17) is 42.6 Å². The van der Waals surface area contributed by atoms with Crippen LogP contribution in [0.4, 0.5) is 0 Å². The van der Waals surface area contributed by atoms with Gasteiger partial charge in [0, 0.05) is 82.3 Å². The number of benzene rings is 1. The Kier molecular flexibility index (Phi) is 23.2. The van der Waals surface area contributed by atoms with Crippen LogP contribution >= 0.6 is 0 Å². The summed E-state index contributed by atoms with van der Waals surface area (Å²) in [5.41, 5.74) is -3.33. The average Bonchev–Trinajstić information content (AvgIpc) is 3.39. The number of ether oxygens (including phenoxy) is 9. The molecule has 2 aromatic rings. The van der Waals surface area contributed by atoms with E-state index in [-0.39, 0.29) is 42.8 Å². The predicted octanol–water partition coefficient (Wildman–Crippen LogP) is 4.74. The van der Waals surface area contributed by atoms with Crippen LogP contribution in [0.1, 0.15) is 124 Å². The van der Waals surface area contributed by atoms with E-state index in [9.17, 15) is 39.6 Å². The van der Waals surface area contributed by atoms with E-state index in [2.05, 4.69) is 5.32 Å². The summed E-state index contributed by atoms with van der Waals surface area (Å²) in [6, 6.07) is 5.28. The minimum absolute atomic E-state index is 0.0899. The molecular formula is C57H93N3O17. The summed E-state index contributed by atoms with van der Waals surface area (Å²) in [4.78, 5) is 55.3. The molecule has 1 aromatic heterocycles. The van der Waals surface area contributed by atoms with Crippen LogP contribution in [0.25, 0.3) is 10.9 Å². The highest BCUT2D eigenvalue weighted by molar-refractivity contribution is 5.92. The van der Waals surface area contributed by atoms with Gasteiger partial charge in [0.25, 0.3) is 0 Å². The van der Waals surface area contributed by atoms with Crippen molar-refractivity contribution in [3.8, 4) is 0 Å². The van der Waals surface area contributed by atoms with Crippen molar-refractivity contribution in [2.24, 2.45) is 23.7 Å². The van der Waals surface area contributed by atoms with Crippen molar-refractivity contribution in [3.05, 3.63) is 45.7 Å². The molecule has 20 nitrogen and oxygen atoms in total. The number of aromatic carboxylic acids is 1. The lowest BCUT2D eigenvalue weighted by Gasteiger charge is -2.50. The third-order valence-electron chi connectivity index (χ3n) is 16.7. The fourth-order valence-electron chi connectivity index (χ4n) is 11.9. The van der Waals surface area contributed by atoms with Crippen LogP contribution in [0, 0.1) is 23.7 Å². The van der Waals surface area contributed by atoms with Crippen LogP contribution < -0.4 is 10.7 Å². The van der Waals surface area contributed by atoms with E-state index in [0.29, 0.717) is 69.6 Å². The molecular weight excluding hydrogens is 999 g/mol. The van der Waals surface area contributed by atoms with Crippen LogP contribution in [0.5, 0.6) is 0 Å². The van der Waals surface area contributed by atoms with Gasteiger partial charge in [-0.05, 0) is 112 Å². The van der Waals surface area contributed by atoms with Crippen LogP contribution in [-0.2, 0) is 65.2 Å². The maximum absolute atomic E-state index is 14.6. The Labute approximate surface area is 455 Å². The van der Waals surface area contributed by atoms with Gasteiger partial charge < -0.3 is 77.8 Å². The van der Waals surface area contributed by atoms with E-state index < -0.39 is 113 Å². The standard InChI is InChI=1S/C57H93N3O17/c1-16-43-57(11,68)49(64)34(5)45(61)32(3)29-55(9,69-14)50(77-54-47(63)42(59(12)13)27-33(4)73-54)35(6)48(36(7)53(67)75-43)76-44-30-56(10,70-15)51(37(8)74-44)72-26-23-58-22-25-71-24-18-19-38-20-21-41-39(28-38)46(62)40(52(65)66)31-60(41)17-2/h20-21,28,31-37,42-44,47-51,54,58,63-64,68H,16-19,22-27,29-30H2,1-15H3,(H,65,66)/t32-,33-,34+,35+,36-,37+,42+,43-,44+,47-,48+,49-,50-,51+,54+,55-,56-,57-/m1/s1. The first kappa shape index (κ1) is 64.3. The number of carbonyl (C=O) groups excluding carboxylic acids is 2. The molecule has 0 radical (unpaired) electrons. The number of aryl methyl sites for hydroxylation is 2. The van der Waals surface area contributed by atoms with Gasteiger partial charge in [0.2, 0.25) is 5.43 Å². The van der Waals surface area contributed by atoms with Gasteiger partial charge in [-0.2, -0.15) is 0 Å². The van der Waals surface area contributed by atoms with Crippen molar-refractivity contribution in [2.75, 3.05) is 61.2 Å². The lowest BCUT2D eigenvalue weighted by molar-refractivity contribution is -0.322. The summed E-state index contributed by atoms with van der Waals surface area (Å²) in [7, 11) is 6.88. The molecule has 438 valence electrons. The Morgan fingerprint density at radius 3 is 2.17 bits per heavy atom. The number of Topliss-reactive ketones (excluding diaryl/α,β-unsaturated/α-hetero) is 1. The van der Waals surface area contributed by atoms with Crippen LogP contribution in [0.2, 0.25) is 0 Å². The zero-order chi connectivity index (χ0) is 57.3. The molecule has 0 unspecified atom stereocenters. The summed E-state index contributed by atoms with van der Waals surface area (Å²) in [5.74, 6) is -5.85. The number of methoxy groups -OCH3 is 2. The van der Waals surface area contributed by atoms with E-state index >= 15 is 0 Å². The summed E-state index contributed by atoms with van der Waals surface area (Å²) in [6.45, 7) is 22.2. The van der Waals surface area contributed by atoms with Crippen molar-refractivity contribution in [2.45, 2.75) is 205 Å². The first-order valence-corrected chi connectivity index (χ1v) is 27.7. The highest BCUT2D eigenvalue weighted by Gasteiger charge is 2.54. The number of aromatic nitrogens is 1. The second kappa shape index (κ2) is 27.8. The number of rotatable bonds is 21. The summed E-state index contributed by atoms with van der Waals surface area (Å²) < 4.78 is 59.6. The minimum Gasteiger partial charge on any atom is -0.477 e. The van der Waals surface area contributed by atoms with E-state index in [0.717, 1.165) is 5.56 Å². The Morgan fingerprint density at radius 2 is 1.55 bits per heavy atom. The average molecular weight is 1090 g/mol. The number of hydrogen-bond acceptors (Lipinski definition) is 18. The minimum atomic E-state index is -2.00. The van der Waals surface area contributed by atoms with Crippen molar-refractivity contribution in [3.63, 3.8) is 0 Å². The number of carboxylic acid groups (broad SMARTS) is 1. The molecule has 3 aliphatic heterocycles. The number of nitrogens with zero attached hydrogens (tertiary/aromatic N) is 2. The number of carboxylic acids is 1. The van der Waals surface area contributed by atoms with Crippen LogP contribution in [-0.4, -0.2) is 193 Å². The predicted molar refractivity (Wildman–Crippen MR) is 288 cm³/mol. The third-order valence-corrected chi connectivity index (χ3v) is 16.7. The molecule has 18 atom stereocenters. The molecule has 3 fully saturated rings. The number of aliphatic hydroxyl groups is 3. The monoisotopic (exact) mass is 1090 g/mol. The molecule has 5 rings (SSSR count). The molecule has 77 heavy (non-hydrogen) atoms. The molecule has 0 aliphatic carbocycles. The molecule has 4 heterocycles. The number of hydrogen-bond donors (Lipinski definition) is 5. The lowest BCUT2D eigenvalue weighted by atomic mass is 9.74. The number of fused-ring (bicyclic) bond motifs is 1. The number of ketones is 1. The first-order chi connectivity index (χ1) is 36.2. The number of aliphatic hydroxyl groups excluding tert-OH is 2. The molecule has 0 bridgehead atoms. The number of cyclic esters (lactones) is 1. The Morgan fingerprint density at radius 1 is 0.883 bits per heavy atom.